The number of hydrogen-bond acceptors (Lipinski definition) is 8. The molecule has 0 bridgehead atoms. The van der Waals surface area contributed by atoms with Crippen molar-refractivity contribution >= 4 is 0 Å². The topological polar surface area (TPSA) is 118 Å². The molecule has 0 radical (unpaired) electrons. The molecule has 3 aliphatic rings. The Balaban J connectivity index is 1.33. The third-order valence-corrected chi connectivity index (χ3v) is 12.1. The highest BCUT2D eigenvalue weighted by Gasteiger charge is 2.53. The predicted octanol–water partition coefficient (Wildman–Crippen LogP) is 8.24. The van der Waals surface area contributed by atoms with Crippen molar-refractivity contribution < 1.29 is 39.4 Å². The van der Waals surface area contributed by atoms with Crippen molar-refractivity contribution in [2.45, 2.75) is 191 Å². The van der Waals surface area contributed by atoms with Crippen LogP contribution in [0, 0.1) is 5.92 Å². The van der Waals surface area contributed by atoms with Gasteiger partial charge < -0.3 is 39.4 Å². The van der Waals surface area contributed by atoms with Gasteiger partial charge in [0.15, 0.2) is 0 Å². The van der Waals surface area contributed by atoms with E-state index >= 15 is 0 Å². The maximum atomic E-state index is 11.5. The first kappa shape index (κ1) is 43.6. The van der Waals surface area contributed by atoms with Crippen LogP contribution in [0.4, 0.5) is 0 Å². The summed E-state index contributed by atoms with van der Waals surface area (Å²) in [5.41, 5.74) is 1.41. The van der Waals surface area contributed by atoms with Gasteiger partial charge in [0.25, 0.3) is 0 Å². The first-order chi connectivity index (χ1) is 25.2. The minimum absolute atomic E-state index is 0.00911. The minimum atomic E-state index is -0.954. The minimum Gasteiger partial charge on any atom is -0.390 e. The normalized spacial score (nSPS) is 34.2. The molecule has 1 aromatic carbocycles. The molecule has 1 aromatic rings. The van der Waals surface area contributed by atoms with Crippen molar-refractivity contribution in [3.63, 3.8) is 0 Å². The second-order valence-electron chi connectivity index (χ2n) is 16.5. The first-order valence-electron chi connectivity index (χ1n) is 20.3. The Kier molecular flexibility index (Phi) is 16.6. The Labute approximate surface area is 320 Å². The Morgan fingerprint density at radius 1 is 1.02 bits per heavy atom. The van der Waals surface area contributed by atoms with Crippen molar-refractivity contribution in [3.8, 4) is 0 Å². The molecule has 3 fully saturated rings. The highest BCUT2D eigenvalue weighted by Crippen LogP contribution is 2.44. The molecule has 0 spiro atoms. The van der Waals surface area contributed by atoms with E-state index in [0.717, 1.165) is 42.4 Å². The number of hydrogen-bond donors (Lipinski definition) is 4. The van der Waals surface area contributed by atoms with Crippen LogP contribution < -0.4 is 0 Å². The molecule has 3 saturated heterocycles. The van der Waals surface area contributed by atoms with Crippen molar-refractivity contribution in [2.24, 2.45) is 5.92 Å². The lowest BCUT2D eigenvalue weighted by Crippen LogP contribution is -2.59. The maximum Gasteiger partial charge on any atom is 0.110 e. The summed E-state index contributed by atoms with van der Waals surface area (Å²) in [6.45, 7) is 18.1. The average molecular weight is 739 g/mol. The fraction of sp³-hybridized carbons (Fsp3) is 0.689. The van der Waals surface area contributed by atoms with Gasteiger partial charge in [-0.15, -0.1) is 0 Å². The number of benzene rings is 1. The molecule has 8 heteroatoms. The maximum absolute atomic E-state index is 11.5. The molecule has 0 amide bonds. The van der Waals surface area contributed by atoms with Crippen LogP contribution >= 0.6 is 0 Å². The van der Waals surface area contributed by atoms with E-state index in [9.17, 15) is 20.4 Å². The second kappa shape index (κ2) is 20.1. The highest BCUT2D eigenvalue weighted by atomic mass is 16.6. The molecule has 53 heavy (non-hydrogen) atoms. The quantitative estimate of drug-likeness (QED) is 0.118. The number of aliphatic hydroxyl groups is 4. The lowest BCUT2D eigenvalue weighted by molar-refractivity contribution is -0.260. The zero-order valence-electron chi connectivity index (χ0n) is 33.5. The number of allylic oxidation sites excluding steroid dienone is 6. The van der Waals surface area contributed by atoms with Crippen LogP contribution in [0.3, 0.4) is 0 Å². The third-order valence-electron chi connectivity index (χ3n) is 12.1. The standard InChI is InChI=1S/C45H70O8/c1-9-11-12-16-22-41-44(7,49)25-23-39-40(51-41)24-26-45(8)42(52-39)29-37(48)43(53-45)36(47)28-33(6)50-38(30(3)10-2)21-17-18-31(4)32(5)27-35(46)34-19-14-13-15-20-34/h9,11-15,18-20,27,30,33,35-43,46-49H,1,10,16-17,21-26,28-29H2,2-8H3/b12-11-,31-18+,32-27+. The van der Waals surface area contributed by atoms with Crippen LogP contribution in [0.25, 0.3) is 0 Å². The molecule has 13 atom stereocenters. The lowest BCUT2D eigenvalue weighted by atomic mass is 9.83. The summed E-state index contributed by atoms with van der Waals surface area (Å²) in [7, 11) is 0. The van der Waals surface area contributed by atoms with Gasteiger partial charge in [-0.25, -0.2) is 0 Å². The highest BCUT2D eigenvalue weighted by molar-refractivity contribution is 5.31. The first-order valence-corrected chi connectivity index (χ1v) is 20.3. The summed E-state index contributed by atoms with van der Waals surface area (Å²) in [4.78, 5) is 0. The van der Waals surface area contributed by atoms with E-state index in [1.165, 1.54) is 0 Å². The van der Waals surface area contributed by atoms with Crippen molar-refractivity contribution in [2.75, 3.05) is 0 Å². The molecule has 298 valence electrons. The van der Waals surface area contributed by atoms with Crippen molar-refractivity contribution in [1.82, 2.24) is 0 Å². The molecular weight excluding hydrogens is 668 g/mol. The molecule has 0 saturated carbocycles. The summed E-state index contributed by atoms with van der Waals surface area (Å²) < 4.78 is 26.5. The predicted molar refractivity (Wildman–Crippen MR) is 211 cm³/mol. The molecule has 0 aromatic heterocycles. The lowest BCUT2D eigenvalue weighted by Gasteiger charge is -2.47. The van der Waals surface area contributed by atoms with Crippen LogP contribution in [0.2, 0.25) is 0 Å². The number of ether oxygens (including phenoxy) is 4. The fourth-order valence-corrected chi connectivity index (χ4v) is 8.24. The zero-order chi connectivity index (χ0) is 38.8. The Bertz CT molecular complexity index is 1360. The molecule has 13 unspecified atom stereocenters. The van der Waals surface area contributed by atoms with Crippen LogP contribution in [0.1, 0.15) is 131 Å². The van der Waals surface area contributed by atoms with Gasteiger partial charge in [-0.1, -0.05) is 87.1 Å². The van der Waals surface area contributed by atoms with E-state index in [-0.39, 0.29) is 36.6 Å². The fourth-order valence-electron chi connectivity index (χ4n) is 8.24. The molecule has 3 aliphatic heterocycles. The molecular formula is C45H70O8. The number of aliphatic hydroxyl groups excluding tert-OH is 3. The third kappa shape index (κ3) is 12.2. The summed E-state index contributed by atoms with van der Waals surface area (Å²) in [6.07, 6.45) is 12.8. The van der Waals surface area contributed by atoms with E-state index in [4.69, 9.17) is 18.9 Å². The van der Waals surface area contributed by atoms with Gasteiger partial charge in [0.2, 0.25) is 0 Å². The summed E-state index contributed by atoms with van der Waals surface area (Å²) in [5, 5.41) is 44.8. The second-order valence-corrected chi connectivity index (χ2v) is 16.5. The summed E-state index contributed by atoms with van der Waals surface area (Å²) in [6, 6.07) is 9.67. The van der Waals surface area contributed by atoms with E-state index < -0.39 is 35.6 Å². The Morgan fingerprint density at radius 3 is 2.42 bits per heavy atom. The average Bonchev–Trinajstić information content (AvgIpc) is 3.33. The molecule has 4 rings (SSSR count). The van der Waals surface area contributed by atoms with E-state index in [0.29, 0.717) is 50.9 Å². The largest absolute Gasteiger partial charge is 0.390 e. The van der Waals surface area contributed by atoms with Gasteiger partial charge in [0.1, 0.15) is 6.10 Å². The van der Waals surface area contributed by atoms with E-state index in [1.807, 2.05) is 76.3 Å². The molecule has 8 nitrogen and oxygen atoms in total. The van der Waals surface area contributed by atoms with Gasteiger partial charge in [0, 0.05) is 12.8 Å². The molecule has 4 N–H and O–H groups in total. The summed E-state index contributed by atoms with van der Waals surface area (Å²) in [5.74, 6) is 0.334. The molecule has 0 aliphatic carbocycles. The van der Waals surface area contributed by atoms with E-state index in [1.54, 1.807) is 6.08 Å². The van der Waals surface area contributed by atoms with Gasteiger partial charge in [0.05, 0.1) is 66.1 Å². The smallest absolute Gasteiger partial charge is 0.110 e. The number of fused-ring (bicyclic) bond motifs is 2. The summed E-state index contributed by atoms with van der Waals surface area (Å²) >= 11 is 0. The number of rotatable bonds is 17. The van der Waals surface area contributed by atoms with Crippen LogP contribution in [0.5, 0.6) is 0 Å². The van der Waals surface area contributed by atoms with Crippen molar-refractivity contribution in [1.29, 1.82) is 0 Å². The Hall–Kier alpha value is -2.14. The van der Waals surface area contributed by atoms with Gasteiger partial charge in [-0.05, 0) is 109 Å². The monoisotopic (exact) mass is 739 g/mol. The van der Waals surface area contributed by atoms with Crippen molar-refractivity contribution in [3.05, 3.63) is 84.0 Å². The van der Waals surface area contributed by atoms with E-state index in [2.05, 4.69) is 33.4 Å². The zero-order valence-corrected chi connectivity index (χ0v) is 33.5. The Morgan fingerprint density at radius 2 is 1.72 bits per heavy atom. The van der Waals surface area contributed by atoms with Crippen LogP contribution in [0.15, 0.2) is 78.4 Å². The van der Waals surface area contributed by atoms with Gasteiger partial charge >= 0.3 is 0 Å². The van der Waals surface area contributed by atoms with Gasteiger partial charge in [-0.3, -0.25) is 0 Å². The van der Waals surface area contributed by atoms with Crippen LogP contribution in [-0.4, -0.2) is 86.6 Å². The van der Waals surface area contributed by atoms with Crippen LogP contribution in [-0.2, 0) is 18.9 Å². The van der Waals surface area contributed by atoms with Gasteiger partial charge in [-0.2, -0.15) is 0 Å². The molecule has 3 heterocycles. The SMILES string of the molecule is C=C/C=C\CCC1OC2CCC3(C)OC(C(O)CC(C)OC(CC/C=C(C)/C(C)=C/C(O)c4ccccc4)C(C)CC)C(O)CC3OC2CCC1(C)O.